The number of carboxylic acids is 1. The van der Waals surface area contributed by atoms with Crippen LogP contribution in [0.1, 0.15) is 38.1 Å². The Labute approximate surface area is 219 Å². The van der Waals surface area contributed by atoms with Crippen LogP contribution in [0.4, 0.5) is 0 Å². The highest BCUT2D eigenvalue weighted by Gasteiger charge is 2.31. The van der Waals surface area contributed by atoms with Gasteiger partial charge in [-0.25, -0.2) is 14.8 Å². The number of carboxylic acid groups (broad SMARTS) is 1. The maximum absolute atomic E-state index is 13.4. The van der Waals surface area contributed by atoms with Crippen molar-refractivity contribution in [1.82, 2.24) is 35.9 Å². The van der Waals surface area contributed by atoms with Gasteiger partial charge in [-0.2, -0.15) is 11.8 Å². The van der Waals surface area contributed by atoms with E-state index in [0.29, 0.717) is 23.6 Å². The number of nitrogens with zero attached hydrogens (tertiary/aromatic N) is 2. The van der Waals surface area contributed by atoms with E-state index in [-0.39, 0.29) is 25.2 Å². The highest BCUT2D eigenvalue weighted by molar-refractivity contribution is 7.98. The minimum Gasteiger partial charge on any atom is -0.480 e. The Kier molecular flexibility index (Phi) is 12.1. The lowest BCUT2D eigenvalue weighted by molar-refractivity contribution is -0.142. The van der Waals surface area contributed by atoms with Crippen molar-refractivity contribution in [3.8, 4) is 0 Å². The lowest BCUT2D eigenvalue weighted by atomic mass is 10.0. The van der Waals surface area contributed by atoms with Crippen molar-refractivity contribution in [1.29, 1.82) is 0 Å². The molecule has 0 saturated heterocycles. The molecule has 0 aliphatic heterocycles. The zero-order chi connectivity index (χ0) is 27.4. The fraction of sp³-hybridized carbons (Fsp3) is 0.565. The Morgan fingerprint density at radius 1 is 0.919 bits per heavy atom. The molecule has 37 heavy (non-hydrogen) atoms. The summed E-state index contributed by atoms with van der Waals surface area (Å²) in [6.45, 7) is 3.87. The fourth-order valence-corrected chi connectivity index (χ4v) is 4.05. The van der Waals surface area contributed by atoms with Crippen LogP contribution >= 0.6 is 11.8 Å². The highest BCUT2D eigenvalue weighted by atomic mass is 32.2. The first-order valence-electron chi connectivity index (χ1n) is 11.9. The van der Waals surface area contributed by atoms with Crippen LogP contribution in [0.25, 0.3) is 0 Å². The number of nitrogens with one attached hydrogen (secondary N) is 5. The lowest BCUT2D eigenvalue weighted by Crippen LogP contribution is -2.58. The second kappa shape index (κ2) is 15.0. The van der Waals surface area contributed by atoms with Gasteiger partial charge in [0.2, 0.25) is 17.7 Å². The number of rotatable bonds is 16. The first kappa shape index (κ1) is 29.8. The summed E-state index contributed by atoms with van der Waals surface area (Å²) in [7, 11) is 0. The number of imidazole rings is 2. The van der Waals surface area contributed by atoms with E-state index in [2.05, 4.69) is 35.9 Å². The number of aromatic nitrogens is 4. The van der Waals surface area contributed by atoms with E-state index >= 15 is 0 Å². The molecule has 4 atom stereocenters. The molecule has 2 aromatic heterocycles. The van der Waals surface area contributed by atoms with E-state index in [4.69, 9.17) is 5.73 Å². The normalized spacial score (nSPS) is 14.4. The maximum atomic E-state index is 13.4. The second-order valence-corrected chi connectivity index (χ2v) is 10.1. The standard InChI is InChI=1S/C23H36N8O5S/c1-13(2)6-16(24)20(32)30-18(7-14-9-25-11-27-14)22(34)31-19(8-15-10-26-12-28-15)21(33)29-17(23(35)36)4-5-37-3/h9-13,16-19H,4-8,24H2,1-3H3,(H,25,27)(H,26,28)(H,29,33)(H,30,32)(H,31,34)(H,35,36). The number of amides is 3. The Morgan fingerprint density at radius 2 is 1.41 bits per heavy atom. The highest BCUT2D eigenvalue weighted by Crippen LogP contribution is 2.07. The van der Waals surface area contributed by atoms with E-state index in [0.717, 1.165) is 0 Å². The minimum absolute atomic E-state index is 0.0318. The summed E-state index contributed by atoms with van der Waals surface area (Å²) in [5.41, 5.74) is 7.16. The number of carbonyl (C=O) groups excluding carboxylic acids is 3. The summed E-state index contributed by atoms with van der Waals surface area (Å²) in [6, 6.07) is -4.12. The minimum atomic E-state index is -1.17. The number of hydrogen-bond donors (Lipinski definition) is 7. The van der Waals surface area contributed by atoms with Gasteiger partial charge in [0.05, 0.1) is 18.7 Å². The summed E-state index contributed by atoms with van der Waals surface area (Å²) in [5, 5.41) is 17.4. The average molecular weight is 537 g/mol. The van der Waals surface area contributed by atoms with Crippen molar-refractivity contribution in [3.05, 3.63) is 36.4 Å². The van der Waals surface area contributed by atoms with Crippen LogP contribution in [0, 0.1) is 5.92 Å². The summed E-state index contributed by atoms with van der Waals surface area (Å²) in [5.74, 6) is -2.25. The molecule has 0 bridgehead atoms. The summed E-state index contributed by atoms with van der Waals surface area (Å²) < 4.78 is 0. The van der Waals surface area contributed by atoms with Crippen LogP contribution in [0.2, 0.25) is 0 Å². The molecule has 0 spiro atoms. The third-order valence-electron chi connectivity index (χ3n) is 5.51. The fourth-order valence-electron chi connectivity index (χ4n) is 3.58. The molecule has 0 aromatic carbocycles. The van der Waals surface area contributed by atoms with Crippen molar-refractivity contribution in [3.63, 3.8) is 0 Å². The molecule has 3 amide bonds. The average Bonchev–Trinajstić information content (AvgIpc) is 3.54. The van der Waals surface area contributed by atoms with Crippen LogP contribution in [0.15, 0.2) is 25.0 Å². The first-order chi connectivity index (χ1) is 17.6. The molecule has 2 heterocycles. The van der Waals surface area contributed by atoms with Gasteiger partial charge in [-0.15, -0.1) is 0 Å². The van der Waals surface area contributed by atoms with Gasteiger partial charge in [0.25, 0.3) is 0 Å². The molecule has 0 fully saturated rings. The molecule has 0 aliphatic carbocycles. The number of aromatic amines is 2. The molecular formula is C23H36N8O5S. The third kappa shape index (κ3) is 10.2. The second-order valence-electron chi connectivity index (χ2n) is 9.10. The number of nitrogens with two attached hydrogens (primary N) is 1. The van der Waals surface area contributed by atoms with E-state index in [1.54, 1.807) is 0 Å². The smallest absolute Gasteiger partial charge is 0.326 e. The molecular weight excluding hydrogens is 500 g/mol. The first-order valence-corrected chi connectivity index (χ1v) is 13.3. The van der Waals surface area contributed by atoms with Gasteiger partial charge in [-0.05, 0) is 30.8 Å². The van der Waals surface area contributed by atoms with Gasteiger partial charge >= 0.3 is 5.97 Å². The van der Waals surface area contributed by atoms with Crippen LogP contribution in [-0.4, -0.2) is 84.9 Å². The molecule has 13 nitrogen and oxygen atoms in total. The zero-order valence-electron chi connectivity index (χ0n) is 21.2. The molecule has 0 saturated carbocycles. The largest absolute Gasteiger partial charge is 0.480 e. The number of H-pyrrole nitrogens is 2. The van der Waals surface area contributed by atoms with Crippen molar-refractivity contribution >= 4 is 35.5 Å². The number of carbonyl (C=O) groups is 4. The van der Waals surface area contributed by atoms with Gasteiger partial charge in [0, 0.05) is 36.6 Å². The molecule has 2 rings (SSSR count). The van der Waals surface area contributed by atoms with E-state index < -0.39 is 47.9 Å². The van der Waals surface area contributed by atoms with Gasteiger partial charge in [0.1, 0.15) is 18.1 Å². The summed E-state index contributed by atoms with van der Waals surface area (Å²) in [4.78, 5) is 64.5. The Morgan fingerprint density at radius 3 is 1.81 bits per heavy atom. The number of aliphatic carboxylic acids is 1. The van der Waals surface area contributed by atoms with Crippen molar-refractivity contribution in [2.45, 2.75) is 63.7 Å². The summed E-state index contributed by atoms with van der Waals surface area (Å²) >= 11 is 1.46. The molecule has 204 valence electrons. The predicted molar refractivity (Wildman–Crippen MR) is 138 cm³/mol. The van der Waals surface area contributed by atoms with Crippen LogP contribution in [0.5, 0.6) is 0 Å². The van der Waals surface area contributed by atoms with Crippen molar-refractivity contribution in [2.75, 3.05) is 12.0 Å². The lowest BCUT2D eigenvalue weighted by Gasteiger charge is -2.25. The van der Waals surface area contributed by atoms with Crippen LogP contribution in [-0.2, 0) is 32.0 Å². The molecule has 8 N–H and O–H groups in total. The topological polar surface area (TPSA) is 208 Å². The summed E-state index contributed by atoms with van der Waals surface area (Å²) in [6.07, 6.45) is 8.51. The number of thioether (sulfide) groups is 1. The van der Waals surface area contributed by atoms with E-state index in [9.17, 15) is 24.3 Å². The molecule has 2 aromatic rings. The van der Waals surface area contributed by atoms with E-state index in [1.165, 1.54) is 36.8 Å². The van der Waals surface area contributed by atoms with Gasteiger partial charge in [-0.1, -0.05) is 13.8 Å². The Bertz CT molecular complexity index is 999. The van der Waals surface area contributed by atoms with Crippen LogP contribution in [0.3, 0.4) is 0 Å². The van der Waals surface area contributed by atoms with Gasteiger partial charge in [0.15, 0.2) is 0 Å². The predicted octanol–water partition coefficient (Wildman–Crippen LogP) is -0.416. The quantitative estimate of drug-likeness (QED) is 0.148. The van der Waals surface area contributed by atoms with Gasteiger partial charge < -0.3 is 36.8 Å². The van der Waals surface area contributed by atoms with Crippen molar-refractivity contribution in [2.24, 2.45) is 11.7 Å². The zero-order valence-corrected chi connectivity index (χ0v) is 22.0. The third-order valence-corrected chi connectivity index (χ3v) is 6.16. The molecule has 14 heteroatoms. The SMILES string of the molecule is CSCCC(NC(=O)C(Cc1cnc[nH]1)NC(=O)C(Cc1cnc[nH]1)NC(=O)C(N)CC(C)C)C(=O)O. The van der Waals surface area contributed by atoms with E-state index in [1.807, 2.05) is 20.1 Å². The molecule has 0 aliphatic rings. The maximum Gasteiger partial charge on any atom is 0.326 e. The Balaban J connectivity index is 2.22. The Hall–Kier alpha value is -3.39. The molecule has 4 unspecified atom stereocenters. The monoisotopic (exact) mass is 536 g/mol. The van der Waals surface area contributed by atoms with Gasteiger partial charge in [-0.3, -0.25) is 14.4 Å². The number of hydrogen-bond acceptors (Lipinski definition) is 8. The van der Waals surface area contributed by atoms with Crippen molar-refractivity contribution < 1.29 is 24.3 Å². The molecule has 0 radical (unpaired) electrons. The van der Waals surface area contributed by atoms with Crippen LogP contribution < -0.4 is 21.7 Å².